The summed E-state index contributed by atoms with van der Waals surface area (Å²) in [7, 11) is 2.13. The zero-order valence-corrected chi connectivity index (χ0v) is 17.4. The van der Waals surface area contributed by atoms with Crippen molar-refractivity contribution in [1.29, 1.82) is 5.26 Å². The van der Waals surface area contributed by atoms with Crippen molar-refractivity contribution >= 4 is 0 Å². The van der Waals surface area contributed by atoms with Crippen LogP contribution in [0.15, 0.2) is 48.5 Å². The maximum absolute atomic E-state index is 14.7. The highest BCUT2D eigenvalue weighted by atomic mass is 19.1. The van der Waals surface area contributed by atoms with Crippen LogP contribution in [0.3, 0.4) is 0 Å². The van der Waals surface area contributed by atoms with Gasteiger partial charge in [0.05, 0.1) is 6.07 Å². The van der Waals surface area contributed by atoms with E-state index in [1.54, 1.807) is 6.07 Å². The van der Waals surface area contributed by atoms with Crippen molar-refractivity contribution < 1.29 is 8.78 Å². The number of nitrogens with zero attached hydrogens (tertiary/aromatic N) is 2. The van der Waals surface area contributed by atoms with Gasteiger partial charge in [-0.3, -0.25) is 0 Å². The molecular weight excluding hydrogens is 366 g/mol. The van der Waals surface area contributed by atoms with E-state index in [2.05, 4.69) is 36.2 Å². The normalized spacial score (nSPS) is 17.8. The van der Waals surface area contributed by atoms with E-state index < -0.39 is 11.3 Å². The highest BCUT2D eigenvalue weighted by Crippen LogP contribution is 2.58. The van der Waals surface area contributed by atoms with Crippen molar-refractivity contribution in [3.8, 4) is 6.07 Å². The van der Waals surface area contributed by atoms with Crippen LogP contribution in [0, 0.1) is 11.3 Å². The molecule has 0 bridgehead atoms. The summed E-state index contributed by atoms with van der Waals surface area (Å²) >= 11 is 0. The number of hydrogen-bond acceptors (Lipinski definition) is 2. The van der Waals surface area contributed by atoms with Crippen molar-refractivity contribution in [2.24, 2.45) is 0 Å². The van der Waals surface area contributed by atoms with Crippen LogP contribution in [0.4, 0.5) is 8.78 Å². The van der Waals surface area contributed by atoms with Crippen LogP contribution in [0.5, 0.6) is 0 Å². The fourth-order valence-corrected chi connectivity index (χ4v) is 3.79. The van der Waals surface area contributed by atoms with Crippen LogP contribution in [0.2, 0.25) is 0 Å². The summed E-state index contributed by atoms with van der Waals surface area (Å²) in [6.07, 6.45) is 4.09. The Bertz CT molecular complexity index is 849. The summed E-state index contributed by atoms with van der Waals surface area (Å²) in [5.41, 5.74) is 1.16. The van der Waals surface area contributed by atoms with E-state index in [4.69, 9.17) is 5.26 Å². The Balaban J connectivity index is 0.000000755. The lowest BCUT2D eigenvalue weighted by Gasteiger charge is -2.19. The summed E-state index contributed by atoms with van der Waals surface area (Å²) in [5.74, 6) is 0. The molecule has 0 atom stereocenters. The van der Waals surface area contributed by atoms with Crippen LogP contribution in [-0.4, -0.2) is 18.5 Å². The summed E-state index contributed by atoms with van der Waals surface area (Å²) in [5, 5.41) is 7.32. The van der Waals surface area contributed by atoms with Crippen molar-refractivity contribution in [1.82, 2.24) is 4.90 Å². The Kier molecular flexibility index (Phi) is 6.70. The second kappa shape index (κ2) is 9.05. The Hall–Kier alpha value is -2.25. The number of nitriles is 1. The van der Waals surface area contributed by atoms with Gasteiger partial charge in [-0.2, -0.15) is 5.26 Å². The average molecular weight is 397 g/mol. The fourth-order valence-electron chi connectivity index (χ4n) is 3.79. The molecule has 154 valence electrons. The van der Waals surface area contributed by atoms with Gasteiger partial charge >= 0.3 is 0 Å². The lowest BCUT2D eigenvalue weighted by Crippen LogP contribution is -2.19. The second-order valence-electron chi connectivity index (χ2n) is 8.36. The molecule has 0 saturated heterocycles. The van der Waals surface area contributed by atoms with Crippen molar-refractivity contribution in [3.05, 3.63) is 70.8 Å². The van der Waals surface area contributed by atoms with Gasteiger partial charge in [0, 0.05) is 13.5 Å². The monoisotopic (exact) mass is 396 g/mol. The minimum atomic E-state index is -1.27. The minimum absolute atomic E-state index is 0.541. The first-order valence-electron chi connectivity index (χ1n) is 10.5. The van der Waals surface area contributed by atoms with Crippen LogP contribution in [0.1, 0.15) is 61.3 Å². The smallest absolute Gasteiger partial charge is 0.136 e. The first kappa shape index (κ1) is 21.5. The third-order valence-corrected chi connectivity index (χ3v) is 5.73. The molecule has 2 fully saturated rings. The van der Waals surface area contributed by atoms with Gasteiger partial charge < -0.3 is 4.90 Å². The summed E-state index contributed by atoms with van der Waals surface area (Å²) in [6, 6.07) is 18.0. The number of alkyl halides is 2. The van der Waals surface area contributed by atoms with E-state index in [-0.39, 0.29) is 0 Å². The van der Waals surface area contributed by atoms with Gasteiger partial charge in [0.15, 0.2) is 0 Å². The van der Waals surface area contributed by atoms with Crippen LogP contribution >= 0.6 is 0 Å². The van der Waals surface area contributed by atoms with E-state index in [0.717, 1.165) is 31.5 Å². The van der Waals surface area contributed by atoms with Gasteiger partial charge in [-0.1, -0.05) is 48.5 Å². The Morgan fingerprint density at radius 2 is 1.52 bits per heavy atom. The molecule has 4 rings (SSSR count). The number of hydrogen-bond donors (Lipinski definition) is 0. The summed E-state index contributed by atoms with van der Waals surface area (Å²) in [4.78, 5) is 2.31. The van der Waals surface area contributed by atoms with E-state index in [1.807, 2.05) is 24.3 Å². The highest BCUT2D eigenvalue weighted by Gasteiger charge is 2.53. The molecule has 0 aliphatic heterocycles. The molecule has 2 aliphatic carbocycles. The third-order valence-electron chi connectivity index (χ3n) is 5.73. The van der Waals surface area contributed by atoms with E-state index in [0.29, 0.717) is 36.8 Å². The molecule has 0 aromatic heterocycles. The lowest BCUT2D eigenvalue weighted by atomic mass is 9.93. The first-order chi connectivity index (χ1) is 13.9. The molecule has 2 aliphatic rings. The number of halogens is 2. The van der Waals surface area contributed by atoms with E-state index >= 15 is 0 Å². The van der Waals surface area contributed by atoms with E-state index in [9.17, 15) is 8.78 Å². The zero-order valence-electron chi connectivity index (χ0n) is 17.4. The number of benzene rings is 2. The van der Waals surface area contributed by atoms with Crippen molar-refractivity contribution in [3.63, 3.8) is 0 Å². The molecule has 0 radical (unpaired) electrons. The molecule has 0 unspecified atom stereocenters. The van der Waals surface area contributed by atoms with Gasteiger partial charge in [0.2, 0.25) is 0 Å². The molecule has 29 heavy (non-hydrogen) atoms. The average Bonchev–Trinajstić information content (AvgIpc) is 3.63. The second-order valence-corrected chi connectivity index (χ2v) is 8.36. The van der Waals surface area contributed by atoms with Gasteiger partial charge in [-0.25, -0.2) is 8.78 Å². The fraction of sp³-hybridized carbons (Fsp3) is 0.480. The SMILES string of the molecule is CC#N.CN(CCCc1ccc(C2(F)CC2)c(C2(F)CC2)c1)Cc1ccccc1. The third kappa shape index (κ3) is 5.64. The zero-order chi connectivity index (χ0) is 20.9. The van der Waals surface area contributed by atoms with Crippen molar-refractivity contribution in [2.75, 3.05) is 13.6 Å². The Labute approximate surface area is 173 Å². The molecule has 0 spiro atoms. The van der Waals surface area contributed by atoms with Gasteiger partial charge in [0.25, 0.3) is 0 Å². The molecule has 0 heterocycles. The minimum Gasteiger partial charge on any atom is -0.302 e. The predicted octanol–water partition coefficient (Wildman–Crippen LogP) is 6.20. The molecule has 4 heteroatoms. The molecule has 0 amide bonds. The topological polar surface area (TPSA) is 27.0 Å². The maximum atomic E-state index is 14.7. The van der Waals surface area contributed by atoms with Crippen molar-refractivity contribution in [2.45, 2.75) is 63.3 Å². The molecule has 0 N–H and O–H groups in total. The molecule has 2 nitrogen and oxygen atoms in total. The quantitative estimate of drug-likeness (QED) is 0.531. The Morgan fingerprint density at radius 3 is 2.10 bits per heavy atom. The summed E-state index contributed by atoms with van der Waals surface area (Å²) < 4.78 is 29.3. The molecule has 2 aromatic carbocycles. The predicted molar refractivity (Wildman–Crippen MR) is 113 cm³/mol. The first-order valence-corrected chi connectivity index (χ1v) is 10.5. The Morgan fingerprint density at radius 1 is 0.931 bits per heavy atom. The van der Waals surface area contributed by atoms with Gasteiger partial charge in [-0.15, -0.1) is 0 Å². The lowest BCUT2D eigenvalue weighted by molar-refractivity contribution is 0.283. The standard InChI is InChI=1S/C23H27F2N.C2H3N/c1-26(17-19-6-3-2-4-7-19)15-5-8-18-9-10-20(22(24)11-12-22)21(16-18)23(25)13-14-23;1-2-3/h2-4,6-7,9-10,16H,5,8,11-15,17H2,1H3;1H3. The highest BCUT2D eigenvalue weighted by molar-refractivity contribution is 5.44. The molecule has 2 aromatic rings. The maximum Gasteiger partial charge on any atom is 0.136 e. The number of rotatable bonds is 8. The van der Waals surface area contributed by atoms with Crippen LogP contribution in [-0.2, 0) is 24.3 Å². The van der Waals surface area contributed by atoms with E-state index in [1.165, 1.54) is 12.5 Å². The number of aryl methyl sites for hydroxylation is 1. The van der Waals surface area contributed by atoms with Gasteiger partial charge in [-0.05, 0) is 74.4 Å². The molecular formula is C25H30F2N2. The van der Waals surface area contributed by atoms with Crippen LogP contribution in [0.25, 0.3) is 0 Å². The largest absolute Gasteiger partial charge is 0.302 e. The summed E-state index contributed by atoms with van der Waals surface area (Å²) in [6.45, 7) is 3.35. The van der Waals surface area contributed by atoms with Crippen LogP contribution < -0.4 is 0 Å². The van der Waals surface area contributed by atoms with Gasteiger partial charge in [0.1, 0.15) is 11.3 Å². The molecule has 2 saturated carbocycles.